The van der Waals surface area contributed by atoms with E-state index in [4.69, 9.17) is 4.74 Å². The molecule has 1 fully saturated rings. The van der Waals surface area contributed by atoms with Crippen LogP contribution in [0.3, 0.4) is 0 Å². The second-order valence-corrected chi connectivity index (χ2v) is 9.82. The van der Waals surface area contributed by atoms with Crippen LogP contribution in [-0.4, -0.2) is 70.1 Å². The number of aliphatic carboxylic acids is 1. The maximum absolute atomic E-state index is 14.8. The maximum Gasteiger partial charge on any atom is 0.326 e. The summed E-state index contributed by atoms with van der Waals surface area (Å²) in [5.41, 5.74) is 2.67. The summed E-state index contributed by atoms with van der Waals surface area (Å²) in [6, 6.07) is 9.85. The second kappa shape index (κ2) is 14.2. The van der Waals surface area contributed by atoms with Gasteiger partial charge in [-0.1, -0.05) is 33.5 Å². The molecule has 0 spiro atoms. The Bertz CT molecular complexity index is 1520. The fourth-order valence-electron chi connectivity index (χ4n) is 4.56. The third-order valence-corrected chi connectivity index (χ3v) is 6.44. The largest absolute Gasteiger partial charge is 0.480 e. The first-order valence-corrected chi connectivity index (χ1v) is 13.5. The van der Waals surface area contributed by atoms with Gasteiger partial charge in [-0.2, -0.15) is 5.10 Å². The number of carbonyl (C=O) groups is 2. The van der Waals surface area contributed by atoms with Crippen LogP contribution in [0.1, 0.15) is 27.2 Å². The number of anilines is 1. The number of hydrogen-bond acceptors (Lipinski definition) is 6. The molecule has 0 bridgehead atoms. The van der Waals surface area contributed by atoms with Crippen molar-refractivity contribution in [2.45, 2.75) is 25.1 Å². The summed E-state index contributed by atoms with van der Waals surface area (Å²) in [4.78, 5) is 30.9. The standard InChI is InChI=1S/C27H25F2N5O4.CH3F2P/c28-20-15-19(33-8-10-38-11-9-33)16-21(29)25(20)26(35)32-23(27(36)37)14-18-3-1-2-17(12-18)13-22-24-4-5-31-34(24)7-6-30-22;2-1(3)4/h1-7,12,15-16,23H,8-11,13-14H2,(H,32,35)(H,36,37);1H,4H2. The Morgan fingerprint density at radius 2 is 1.71 bits per heavy atom. The van der Waals surface area contributed by atoms with Crippen LogP contribution >= 0.6 is 9.24 Å². The van der Waals surface area contributed by atoms with Crippen LogP contribution in [0.2, 0.25) is 0 Å². The first-order valence-electron chi connectivity index (χ1n) is 12.9. The van der Waals surface area contributed by atoms with Crippen molar-refractivity contribution < 1.29 is 37.0 Å². The predicted molar refractivity (Wildman–Crippen MR) is 150 cm³/mol. The minimum atomic E-state index is -2.25. The van der Waals surface area contributed by atoms with Crippen molar-refractivity contribution in [3.63, 3.8) is 0 Å². The molecule has 0 saturated carbocycles. The highest BCUT2D eigenvalue weighted by atomic mass is 31.0. The van der Waals surface area contributed by atoms with Gasteiger partial charge in [0.1, 0.15) is 23.2 Å². The van der Waals surface area contributed by atoms with E-state index in [9.17, 15) is 32.3 Å². The number of ether oxygens (including phenoxy) is 1. The number of nitrogens with one attached hydrogen (secondary N) is 1. The molecule has 1 saturated heterocycles. The molecule has 0 radical (unpaired) electrons. The van der Waals surface area contributed by atoms with Crippen molar-refractivity contribution >= 4 is 32.3 Å². The van der Waals surface area contributed by atoms with E-state index in [1.54, 1.807) is 40.1 Å². The van der Waals surface area contributed by atoms with Gasteiger partial charge in [0.2, 0.25) is 6.17 Å². The molecule has 0 aliphatic carbocycles. The van der Waals surface area contributed by atoms with Gasteiger partial charge in [-0.3, -0.25) is 9.78 Å². The number of amides is 1. The first kappa shape index (κ1) is 30.9. The lowest BCUT2D eigenvalue weighted by Gasteiger charge is -2.29. The summed E-state index contributed by atoms with van der Waals surface area (Å²) in [5.74, 6) is -4.57. The fourth-order valence-corrected chi connectivity index (χ4v) is 4.56. The molecule has 2 N–H and O–H groups in total. The highest BCUT2D eigenvalue weighted by Crippen LogP contribution is 2.23. The molecule has 4 aromatic rings. The molecule has 1 aliphatic rings. The summed E-state index contributed by atoms with van der Waals surface area (Å²) in [6.07, 6.45) is 3.24. The van der Waals surface area contributed by atoms with Gasteiger partial charge in [-0.25, -0.2) is 26.9 Å². The fraction of sp³-hybridized carbons (Fsp3) is 0.286. The van der Waals surface area contributed by atoms with Gasteiger partial charge < -0.3 is 20.1 Å². The average Bonchev–Trinajstić information content (AvgIpc) is 3.43. The molecule has 14 heteroatoms. The van der Waals surface area contributed by atoms with Crippen molar-refractivity contribution in [3.05, 3.63) is 95.1 Å². The quantitative estimate of drug-likeness (QED) is 0.231. The molecular weight excluding hydrogens is 577 g/mol. The van der Waals surface area contributed by atoms with Crippen molar-refractivity contribution in [1.82, 2.24) is 19.9 Å². The zero-order valence-electron chi connectivity index (χ0n) is 22.2. The van der Waals surface area contributed by atoms with Crippen LogP contribution in [0, 0.1) is 11.6 Å². The predicted octanol–water partition coefficient (Wildman–Crippen LogP) is 3.94. The van der Waals surface area contributed by atoms with E-state index in [0.29, 0.717) is 44.0 Å². The van der Waals surface area contributed by atoms with E-state index in [1.807, 2.05) is 18.2 Å². The highest BCUT2D eigenvalue weighted by Gasteiger charge is 2.26. The first-order chi connectivity index (χ1) is 20.1. The monoisotopic (exact) mass is 605 g/mol. The number of carbonyl (C=O) groups excluding carboxylic acids is 1. The smallest absolute Gasteiger partial charge is 0.326 e. The molecule has 2 unspecified atom stereocenters. The van der Waals surface area contributed by atoms with Gasteiger partial charge in [-0.15, -0.1) is 0 Å². The minimum absolute atomic E-state index is 0.0751. The zero-order chi connectivity index (χ0) is 30.2. The Kier molecular flexibility index (Phi) is 10.4. The number of halogens is 4. The van der Waals surface area contributed by atoms with Gasteiger partial charge in [0.25, 0.3) is 5.91 Å². The van der Waals surface area contributed by atoms with E-state index < -0.39 is 41.3 Å². The molecule has 9 nitrogen and oxygen atoms in total. The lowest BCUT2D eigenvalue weighted by molar-refractivity contribution is -0.139. The SMILES string of the molecule is FC(F)P.O=C(NC(Cc1cccc(Cc2nccn3nccc23)c1)C(=O)O)c1c(F)cc(N2CCOCC2)cc1F. The molecule has 42 heavy (non-hydrogen) atoms. The molecule has 222 valence electrons. The number of morpholine rings is 1. The number of hydrogen-bond donors (Lipinski definition) is 2. The minimum Gasteiger partial charge on any atom is -0.480 e. The normalized spacial score (nSPS) is 13.9. The average molecular weight is 606 g/mol. The van der Waals surface area contributed by atoms with Gasteiger partial charge >= 0.3 is 5.97 Å². The van der Waals surface area contributed by atoms with Gasteiger partial charge in [0.15, 0.2) is 0 Å². The van der Waals surface area contributed by atoms with E-state index in [2.05, 4.69) is 15.4 Å². The van der Waals surface area contributed by atoms with Crippen LogP contribution in [0.4, 0.5) is 23.2 Å². The third-order valence-electron chi connectivity index (χ3n) is 6.44. The number of benzene rings is 2. The van der Waals surface area contributed by atoms with Crippen molar-refractivity contribution in [2.75, 3.05) is 31.2 Å². The lowest BCUT2D eigenvalue weighted by Crippen LogP contribution is -2.43. The topological polar surface area (TPSA) is 109 Å². The molecule has 1 amide bonds. The Morgan fingerprint density at radius 3 is 2.38 bits per heavy atom. The summed E-state index contributed by atoms with van der Waals surface area (Å²) in [7, 11) is 1.32. The van der Waals surface area contributed by atoms with Gasteiger partial charge in [0, 0.05) is 44.0 Å². The summed E-state index contributed by atoms with van der Waals surface area (Å²) >= 11 is 0. The molecule has 1 aliphatic heterocycles. The van der Waals surface area contributed by atoms with Crippen LogP contribution in [0.5, 0.6) is 0 Å². The van der Waals surface area contributed by atoms with Crippen LogP contribution in [0.15, 0.2) is 61.1 Å². The van der Waals surface area contributed by atoms with Crippen molar-refractivity contribution in [1.29, 1.82) is 0 Å². The van der Waals surface area contributed by atoms with Gasteiger partial charge in [-0.05, 0) is 29.3 Å². The van der Waals surface area contributed by atoms with E-state index in [0.717, 1.165) is 28.9 Å². The molecule has 2 aromatic heterocycles. The molecular formula is C28H28F4N5O4P. The number of aromatic nitrogens is 3. The van der Waals surface area contributed by atoms with E-state index >= 15 is 0 Å². The van der Waals surface area contributed by atoms with Crippen molar-refractivity contribution in [2.24, 2.45) is 0 Å². The number of carboxylic acid groups (broad SMARTS) is 1. The summed E-state index contributed by atoms with van der Waals surface area (Å²) in [6.45, 7) is 1.81. The molecule has 5 rings (SSSR count). The number of fused-ring (bicyclic) bond motifs is 1. The van der Waals surface area contributed by atoms with Crippen LogP contribution in [0.25, 0.3) is 5.52 Å². The Hall–Kier alpha value is -4.09. The number of carboxylic acids is 1. The summed E-state index contributed by atoms with van der Waals surface area (Å²) < 4.78 is 57.2. The highest BCUT2D eigenvalue weighted by molar-refractivity contribution is 7.16. The molecule has 2 aromatic carbocycles. The van der Waals surface area contributed by atoms with Crippen LogP contribution in [-0.2, 0) is 22.4 Å². The molecule has 2 atom stereocenters. The Labute approximate surface area is 240 Å². The number of alkyl halides is 2. The Morgan fingerprint density at radius 1 is 1.05 bits per heavy atom. The summed E-state index contributed by atoms with van der Waals surface area (Å²) in [5, 5.41) is 16.2. The lowest BCUT2D eigenvalue weighted by atomic mass is 10.0. The maximum atomic E-state index is 14.8. The second-order valence-electron chi connectivity index (χ2n) is 9.32. The zero-order valence-corrected chi connectivity index (χ0v) is 23.4. The van der Waals surface area contributed by atoms with Crippen LogP contribution < -0.4 is 10.2 Å². The van der Waals surface area contributed by atoms with Gasteiger partial charge in [0.05, 0.1) is 30.6 Å². The number of rotatable bonds is 8. The molecule has 3 heterocycles. The third kappa shape index (κ3) is 8.01. The van der Waals surface area contributed by atoms with E-state index in [-0.39, 0.29) is 6.42 Å². The van der Waals surface area contributed by atoms with Crippen molar-refractivity contribution in [3.8, 4) is 0 Å². The number of nitrogens with zero attached hydrogens (tertiary/aromatic N) is 4. The Balaban J connectivity index is 0.000000952. The van der Waals surface area contributed by atoms with E-state index in [1.165, 1.54) is 9.24 Å².